The van der Waals surface area contributed by atoms with Crippen molar-refractivity contribution in [2.24, 2.45) is 5.92 Å². The number of ketones is 1. The van der Waals surface area contributed by atoms with Gasteiger partial charge < -0.3 is 0 Å². The molecule has 0 heterocycles. The summed E-state index contributed by atoms with van der Waals surface area (Å²) in [5.41, 5.74) is 0. The Balaban J connectivity index is 2.32. The van der Waals surface area contributed by atoms with Crippen LogP contribution in [-0.2, 0) is 4.79 Å². The average Bonchev–Trinajstić information content (AvgIpc) is 1.88. The lowest BCUT2D eigenvalue weighted by atomic mass is 9.89. The number of rotatable bonds is 1. The van der Waals surface area contributed by atoms with Crippen LogP contribution in [0.2, 0.25) is 0 Å². The Bertz CT molecular complexity index is 111. The first-order chi connectivity index (χ1) is 4.33. The van der Waals surface area contributed by atoms with E-state index >= 15 is 0 Å². The number of hydrogen-bond acceptors (Lipinski definition) is 1. The Morgan fingerprint density at radius 2 is 2.44 bits per heavy atom. The van der Waals surface area contributed by atoms with Gasteiger partial charge in [-0.15, -0.1) is 0 Å². The molecule has 1 saturated carbocycles. The summed E-state index contributed by atoms with van der Waals surface area (Å²) >= 11 is 0. The maximum atomic E-state index is 11.9. The van der Waals surface area contributed by atoms with E-state index in [0.717, 1.165) is 12.8 Å². The third kappa shape index (κ3) is 1.77. The molecule has 1 rings (SSSR count). The number of Topliss-reactive ketones (excluding diaryl/α,β-unsaturated/α-hetero) is 1. The lowest BCUT2D eigenvalue weighted by molar-refractivity contribution is -0.121. The fraction of sp³-hybridized carbons (Fsp3) is 0.857. The zero-order valence-corrected chi connectivity index (χ0v) is 5.40. The van der Waals surface area contributed by atoms with Crippen LogP contribution in [0.25, 0.3) is 0 Å². The van der Waals surface area contributed by atoms with Gasteiger partial charge in [-0.1, -0.05) is 0 Å². The summed E-state index contributed by atoms with van der Waals surface area (Å²) in [6, 6.07) is 0. The molecular weight excluding hydrogens is 119 g/mol. The molecule has 9 heavy (non-hydrogen) atoms. The summed E-state index contributed by atoms with van der Waals surface area (Å²) < 4.78 is 11.9. The molecule has 1 unspecified atom stereocenters. The summed E-state index contributed by atoms with van der Waals surface area (Å²) in [6.07, 6.45) is 2.96. The number of carbonyl (C=O) groups is 1. The molecule has 0 amide bonds. The van der Waals surface area contributed by atoms with E-state index in [1.807, 2.05) is 0 Å². The fourth-order valence-corrected chi connectivity index (χ4v) is 1.25. The molecule has 0 aromatic heterocycles. The summed E-state index contributed by atoms with van der Waals surface area (Å²) in [6.45, 7) is -0.314. The molecule has 52 valence electrons. The van der Waals surface area contributed by atoms with Crippen LogP contribution < -0.4 is 0 Å². The predicted molar refractivity (Wildman–Crippen MR) is 32.9 cm³/mol. The van der Waals surface area contributed by atoms with E-state index < -0.39 is 0 Å². The minimum atomic E-state index is -0.314. The molecular formula is C7H11FO. The van der Waals surface area contributed by atoms with Gasteiger partial charge in [0, 0.05) is 12.8 Å². The molecule has 1 aliphatic rings. The Morgan fingerprint density at radius 3 is 2.89 bits per heavy atom. The van der Waals surface area contributed by atoms with E-state index in [2.05, 4.69) is 0 Å². The van der Waals surface area contributed by atoms with Crippen LogP contribution >= 0.6 is 0 Å². The van der Waals surface area contributed by atoms with Crippen molar-refractivity contribution < 1.29 is 9.18 Å². The molecule has 1 fully saturated rings. The highest BCUT2D eigenvalue weighted by atomic mass is 19.1. The quantitative estimate of drug-likeness (QED) is 0.528. The van der Waals surface area contributed by atoms with Crippen molar-refractivity contribution in [3.05, 3.63) is 0 Å². The smallest absolute Gasteiger partial charge is 0.133 e. The number of halogens is 1. The van der Waals surface area contributed by atoms with Crippen molar-refractivity contribution in [2.45, 2.75) is 25.7 Å². The van der Waals surface area contributed by atoms with Crippen LogP contribution in [0.4, 0.5) is 4.39 Å². The highest BCUT2D eigenvalue weighted by Gasteiger charge is 2.18. The topological polar surface area (TPSA) is 17.1 Å². The van der Waals surface area contributed by atoms with Gasteiger partial charge in [-0.3, -0.25) is 9.18 Å². The van der Waals surface area contributed by atoms with Gasteiger partial charge in [-0.05, 0) is 18.8 Å². The molecule has 1 aliphatic carbocycles. The Hall–Kier alpha value is -0.400. The summed E-state index contributed by atoms with van der Waals surface area (Å²) in [5.74, 6) is 0.287. The van der Waals surface area contributed by atoms with Crippen LogP contribution in [0.3, 0.4) is 0 Å². The van der Waals surface area contributed by atoms with Crippen molar-refractivity contribution in [1.82, 2.24) is 0 Å². The zero-order chi connectivity index (χ0) is 6.69. The number of carbonyl (C=O) groups excluding carboxylic acids is 1. The molecule has 2 heteroatoms. The van der Waals surface area contributed by atoms with E-state index in [1.54, 1.807) is 0 Å². The van der Waals surface area contributed by atoms with Gasteiger partial charge in [0.1, 0.15) is 5.78 Å². The largest absolute Gasteiger partial charge is 0.300 e. The lowest BCUT2D eigenvalue weighted by Gasteiger charge is -2.16. The van der Waals surface area contributed by atoms with Gasteiger partial charge in [0.15, 0.2) is 0 Å². The highest BCUT2D eigenvalue weighted by molar-refractivity contribution is 5.79. The minimum absolute atomic E-state index is 0.0475. The molecule has 1 atom stereocenters. The minimum Gasteiger partial charge on any atom is -0.300 e. The van der Waals surface area contributed by atoms with Gasteiger partial charge in [-0.25, -0.2) is 0 Å². The van der Waals surface area contributed by atoms with Crippen molar-refractivity contribution in [3.63, 3.8) is 0 Å². The van der Waals surface area contributed by atoms with E-state index in [1.165, 1.54) is 0 Å². The normalized spacial score (nSPS) is 28.6. The second-order valence-electron chi connectivity index (χ2n) is 2.66. The molecule has 0 aromatic rings. The maximum Gasteiger partial charge on any atom is 0.133 e. The fourth-order valence-electron chi connectivity index (χ4n) is 1.25. The number of alkyl halides is 1. The van der Waals surface area contributed by atoms with E-state index in [0.29, 0.717) is 12.8 Å². The molecule has 0 aromatic carbocycles. The van der Waals surface area contributed by atoms with Crippen molar-refractivity contribution in [1.29, 1.82) is 0 Å². The summed E-state index contributed by atoms with van der Waals surface area (Å²) in [5, 5.41) is 0. The zero-order valence-electron chi connectivity index (χ0n) is 5.40. The standard InChI is InChI=1S/C7H11FO/c8-5-6-2-1-3-7(9)4-6/h6H,1-5H2. The Labute approximate surface area is 54.3 Å². The molecule has 0 saturated heterocycles. The first-order valence-electron chi connectivity index (χ1n) is 3.40. The average molecular weight is 130 g/mol. The molecule has 0 aliphatic heterocycles. The molecule has 1 nitrogen and oxygen atoms in total. The maximum absolute atomic E-state index is 11.9. The second-order valence-corrected chi connectivity index (χ2v) is 2.66. The first kappa shape index (κ1) is 6.72. The second kappa shape index (κ2) is 2.95. The third-order valence-corrected chi connectivity index (χ3v) is 1.80. The van der Waals surface area contributed by atoms with Crippen LogP contribution in [0.1, 0.15) is 25.7 Å². The SMILES string of the molecule is O=C1CCCC(CF)C1. The Kier molecular flexibility index (Phi) is 2.20. The Morgan fingerprint density at radius 1 is 1.67 bits per heavy atom. The predicted octanol–water partition coefficient (Wildman–Crippen LogP) is 1.72. The van der Waals surface area contributed by atoms with Gasteiger partial charge in [0.2, 0.25) is 0 Å². The van der Waals surface area contributed by atoms with Crippen LogP contribution in [0, 0.1) is 5.92 Å². The van der Waals surface area contributed by atoms with E-state index in [-0.39, 0.29) is 18.4 Å². The molecule has 0 N–H and O–H groups in total. The summed E-state index contributed by atoms with van der Waals surface area (Å²) in [4.78, 5) is 10.7. The highest BCUT2D eigenvalue weighted by Crippen LogP contribution is 2.20. The summed E-state index contributed by atoms with van der Waals surface area (Å²) in [7, 11) is 0. The van der Waals surface area contributed by atoms with E-state index in [9.17, 15) is 9.18 Å². The van der Waals surface area contributed by atoms with Crippen LogP contribution in [-0.4, -0.2) is 12.5 Å². The van der Waals surface area contributed by atoms with Crippen molar-refractivity contribution in [3.8, 4) is 0 Å². The van der Waals surface area contributed by atoms with Gasteiger partial charge in [-0.2, -0.15) is 0 Å². The van der Waals surface area contributed by atoms with Crippen LogP contribution in [0.5, 0.6) is 0 Å². The molecule has 0 spiro atoms. The molecule has 0 radical (unpaired) electrons. The van der Waals surface area contributed by atoms with Crippen LogP contribution in [0.15, 0.2) is 0 Å². The lowest BCUT2D eigenvalue weighted by Crippen LogP contribution is -2.15. The third-order valence-electron chi connectivity index (χ3n) is 1.80. The first-order valence-corrected chi connectivity index (χ1v) is 3.40. The van der Waals surface area contributed by atoms with Gasteiger partial charge in [0.05, 0.1) is 6.67 Å². The van der Waals surface area contributed by atoms with Crippen molar-refractivity contribution in [2.75, 3.05) is 6.67 Å². The van der Waals surface area contributed by atoms with E-state index in [4.69, 9.17) is 0 Å². The number of hydrogen-bond donors (Lipinski definition) is 0. The molecule has 0 bridgehead atoms. The van der Waals surface area contributed by atoms with Gasteiger partial charge >= 0.3 is 0 Å². The van der Waals surface area contributed by atoms with Crippen molar-refractivity contribution >= 4 is 5.78 Å². The monoisotopic (exact) mass is 130 g/mol. The van der Waals surface area contributed by atoms with Gasteiger partial charge in [0.25, 0.3) is 0 Å².